The number of aryl methyl sites for hydroxylation is 2. The molecule has 0 unspecified atom stereocenters. The number of hydrogen-bond acceptors (Lipinski definition) is 1. The van der Waals surface area contributed by atoms with Gasteiger partial charge in [0.15, 0.2) is 0 Å². The maximum Gasteiger partial charge on any atom is 0.0434 e. The fourth-order valence-electron chi connectivity index (χ4n) is 5.10. The van der Waals surface area contributed by atoms with E-state index in [0.717, 1.165) is 6.42 Å². The molecule has 3 aliphatic rings. The summed E-state index contributed by atoms with van der Waals surface area (Å²) in [6.45, 7) is 11.2. The van der Waals surface area contributed by atoms with Crippen molar-refractivity contribution in [1.29, 1.82) is 0 Å². The van der Waals surface area contributed by atoms with Crippen LogP contribution in [0.25, 0.3) is 12.7 Å². The molecule has 0 N–H and O–H groups in total. The predicted molar refractivity (Wildman–Crippen MR) is 102 cm³/mol. The molecule has 0 atom stereocenters. The summed E-state index contributed by atoms with van der Waals surface area (Å²) < 4.78 is 0. The van der Waals surface area contributed by atoms with E-state index >= 15 is 0 Å². The Morgan fingerprint density at radius 3 is 2.58 bits per heavy atom. The Bertz CT molecular complexity index is 979. The van der Waals surface area contributed by atoms with Gasteiger partial charge in [-0.15, -0.1) is 0 Å². The molecular weight excluding hydrogens is 290 g/mol. The minimum Gasteiger partial charge on any atom is -0.371 e. The second-order valence-corrected chi connectivity index (χ2v) is 7.81. The quantitative estimate of drug-likeness (QED) is 0.616. The first-order chi connectivity index (χ1) is 11.6. The molecule has 24 heavy (non-hydrogen) atoms. The van der Waals surface area contributed by atoms with E-state index in [1.54, 1.807) is 22.4 Å². The Hall–Kier alpha value is -2.02. The van der Waals surface area contributed by atoms with Crippen molar-refractivity contribution in [3.63, 3.8) is 0 Å². The van der Waals surface area contributed by atoms with E-state index in [-0.39, 0.29) is 0 Å². The van der Waals surface area contributed by atoms with Gasteiger partial charge in [-0.2, -0.15) is 0 Å². The van der Waals surface area contributed by atoms with E-state index in [9.17, 15) is 0 Å². The highest BCUT2D eigenvalue weighted by Crippen LogP contribution is 2.40. The Kier molecular flexibility index (Phi) is 2.98. The summed E-state index contributed by atoms with van der Waals surface area (Å²) in [7, 11) is 0. The molecule has 0 amide bonds. The average molecular weight is 315 g/mol. The lowest BCUT2D eigenvalue weighted by Crippen LogP contribution is -2.36. The van der Waals surface area contributed by atoms with Crippen molar-refractivity contribution in [2.24, 2.45) is 0 Å². The van der Waals surface area contributed by atoms with Crippen LogP contribution in [0.3, 0.4) is 0 Å². The van der Waals surface area contributed by atoms with Crippen LogP contribution in [0.4, 0.5) is 5.69 Å². The molecule has 0 bridgehead atoms. The molecule has 2 aromatic rings. The van der Waals surface area contributed by atoms with Crippen LogP contribution >= 0.6 is 0 Å². The zero-order chi connectivity index (χ0) is 16.4. The zero-order valence-electron chi connectivity index (χ0n) is 14.8. The molecule has 0 radical (unpaired) electrons. The summed E-state index contributed by atoms with van der Waals surface area (Å²) in [5.41, 5.74) is 12.1. The van der Waals surface area contributed by atoms with E-state index in [1.807, 2.05) is 0 Å². The lowest BCUT2D eigenvalue weighted by atomic mass is 9.80. The van der Waals surface area contributed by atoms with E-state index in [0.29, 0.717) is 0 Å². The molecule has 1 aliphatic carbocycles. The monoisotopic (exact) mass is 315 g/mol. The minimum atomic E-state index is 1.09. The van der Waals surface area contributed by atoms with E-state index in [4.69, 9.17) is 0 Å². The van der Waals surface area contributed by atoms with Gasteiger partial charge in [0.2, 0.25) is 0 Å². The van der Waals surface area contributed by atoms with E-state index in [2.05, 4.69) is 43.5 Å². The molecule has 0 aromatic heterocycles. The van der Waals surface area contributed by atoms with Crippen LogP contribution in [-0.2, 0) is 19.3 Å². The summed E-state index contributed by atoms with van der Waals surface area (Å²) in [6, 6.07) is 4.84. The van der Waals surface area contributed by atoms with Crippen molar-refractivity contribution in [1.82, 2.24) is 0 Å². The van der Waals surface area contributed by atoms with Gasteiger partial charge in [0.05, 0.1) is 0 Å². The largest absolute Gasteiger partial charge is 0.371 e. The highest BCUT2D eigenvalue weighted by Gasteiger charge is 2.28. The van der Waals surface area contributed by atoms with Gasteiger partial charge in [0.25, 0.3) is 0 Å². The van der Waals surface area contributed by atoms with E-state index in [1.165, 1.54) is 71.5 Å². The molecular formula is C23H25N. The third-order valence-corrected chi connectivity index (χ3v) is 6.44. The van der Waals surface area contributed by atoms with Crippen molar-refractivity contribution in [2.45, 2.75) is 46.0 Å². The maximum atomic E-state index is 4.30. The Balaban J connectivity index is 1.81. The molecule has 2 heterocycles. The summed E-state index contributed by atoms with van der Waals surface area (Å²) in [4.78, 5) is 2.66. The summed E-state index contributed by atoms with van der Waals surface area (Å²) in [6.07, 6.45) is 8.66. The highest BCUT2D eigenvalue weighted by molar-refractivity contribution is 5.74. The van der Waals surface area contributed by atoms with E-state index < -0.39 is 0 Å². The van der Waals surface area contributed by atoms with Gasteiger partial charge in [-0.05, 0) is 107 Å². The Morgan fingerprint density at radius 2 is 1.75 bits per heavy atom. The van der Waals surface area contributed by atoms with Crippen molar-refractivity contribution >= 4 is 18.3 Å². The lowest BCUT2D eigenvalue weighted by molar-refractivity contribution is 0.630. The van der Waals surface area contributed by atoms with Gasteiger partial charge >= 0.3 is 0 Å². The number of rotatable bonds is 0. The van der Waals surface area contributed by atoms with Gasteiger partial charge in [-0.25, -0.2) is 0 Å². The van der Waals surface area contributed by atoms with Gasteiger partial charge < -0.3 is 4.90 Å². The Labute approximate surface area is 144 Å². The third-order valence-electron chi connectivity index (χ3n) is 6.44. The second-order valence-electron chi connectivity index (χ2n) is 7.81. The first kappa shape index (κ1) is 14.3. The first-order valence-corrected chi connectivity index (χ1v) is 9.36. The fraction of sp³-hybridized carbons (Fsp3) is 0.391. The molecule has 1 nitrogen and oxygen atoms in total. The molecule has 2 aromatic carbocycles. The molecule has 0 spiro atoms. The van der Waals surface area contributed by atoms with Crippen LogP contribution in [-0.4, -0.2) is 13.1 Å². The number of nitrogens with zero attached hydrogens (tertiary/aromatic N) is 1. The van der Waals surface area contributed by atoms with Crippen molar-refractivity contribution in [2.75, 3.05) is 18.0 Å². The van der Waals surface area contributed by atoms with Gasteiger partial charge in [-0.3, -0.25) is 0 Å². The normalized spacial score (nSPS) is 17.7. The number of hydrogen-bond donors (Lipinski definition) is 0. The van der Waals surface area contributed by atoms with Crippen LogP contribution in [0.1, 0.15) is 51.8 Å². The fourth-order valence-corrected chi connectivity index (χ4v) is 5.10. The summed E-state index contributed by atoms with van der Waals surface area (Å²) in [5.74, 6) is 0. The number of fused-ring (bicyclic) bond motifs is 3. The molecule has 0 saturated carbocycles. The predicted octanol–water partition coefficient (Wildman–Crippen LogP) is 3.15. The van der Waals surface area contributed by atoms with Crippen LogP contribution in [0, 0.1) is 13.8 Å². The molecule has 2 aliphatic heterocycles. The van der Waals surface area contributed by atoms with Crippen LogP contribution in [0.5, 0.6) is 0 Å². The molecule has 122 valence electrons. The van der Waals surface area contributed by atoms with Crippen LogP contribution in [0.15, 0.2) is 12.1 Å². The zero-order valence-corrected chi connectivity index (χ0v) is 14.8. The maximum absolute atomic E-state index is 4.30. The number of benzene rings is 2. The highest BCUT2D eigenvalue weighted by atomic mass is 15.1. The molecule has 1 heteroatoms. The van der Waals surface area contributed by atoms with Crippen LogP contribution in [0.2, 0.25) is 0 Å². The van der Waals surface area contributed by atoms with Gasteiger partial charge in [0.1, 0.15) is 0 Å². The SMILES string of the molecule is C=c1c(C)cc2c(c1C)Cc1c(cc3c4c1CCCN4CCC3)C=2. The standard InChI is InChI=1S/C23H25N/c1-14-10-18-12-19-11-17-6-4-8-24-9-5-7-20(23(17)24)22(19)13-21(18)16(3)15(14)2/h10-12H,2,4-9,13H2,1,3H3. The lowest BCUT2D eigenvalue weighted by Gasteiger charge is -2.39. The molecule has 0 saturated heterocycles. The Morgan fingerprint density at radius 1 is 0.958 bits per heavy atom. The van der Waals surface area contributed by atoms with Crippen molar-refractivity contribution in [3.8, 4) is 0 Å². The van der Waals surface area contributed by atoms with Gasteiger partial charge in [0, 0.05) is 18.8 Å². The second kappa shape index (κ2) is 4.99. The average Bonchev–Trinajstić information content (AvgIpc) is 2.59. The molecule has 0 fully saturated rings. The smallest absolute Gasteiger partial charge is 0.0434 e. The third kappa shape index (κ3) is 1.87. The summed E-state index contributed by atoms with van der Waals surface area (Å²) >= 11 is 0. The van der Waals surface area contributed by atoms with Crippen molar-refractivity contribution in [3.05, 3.63) is 61.5 Å². The molecule has 5 rings (SSSR count). The first-order valence-electron chi connectivity index (χ1n) is 9.36. The van der Waals surface area contributed by atoms with Crippen molar-refractivity contribution < 1.29 is 0 Å². The topological polar surface area (TPSA) is 3.24 Å². The van der Waals surface area contributed by atoms with Crippen LogP contribution < -0.4 is 15.3 Å². The number of anilines is 1. The van der Waals surface area contributed by atoms with Gasteiger partial charge in [-0.1, -0.05) is 12.6 Å². The summed E-state index contributed by atoms with van der Waals surface area (Å²) in [5, 5.41) is 2.64. The minimum absolute atomic E-state index is 1.09.